The summed E-state index contributed by atoms with van der Waals surface area (Å²) in [6, 6.07) is 6.43. The van der Waals surface area contributed by atoms with Gasteiger partial charge in [0.1, 0.15) is 5.82 Å². The molecule has 0 saturated heterocycles. The van der Waals surface area contributed by atoms with E-state index in [4.69, 9.17) is 0 Å². The summed E-state index contributed by atoms with van der Waals surface area (Å²) in [5.74, 6) is -0.889. The van der Waals surface area contributed by atoms with Gasteiger partial charge in [-0.2, -0.15) is 13.2 Å². The third-order valence-electron chi connectivity index (χ3n) is 4.01. The minimum atomic E-state index is -4.61. The molecule has 0 radical (unpaired) electrons. The number of aryl methyl sites for hydroxylation is 2. The number of imidazole rings is 1. The van der Waals surface area contributed by atoms with E-state index in [0.29, 0.717) is 11.3 Å². The minimum absolute atomic E-state index is 0. The van der Waals surface area contributed by atoms with Crippen molar-refractivity contribution in [2.75, 3.05) is 5.32 Å². The smallest absolute Gasteiger partial charge is 0.378 e. The predicted molar refractivity (Wildman–Crippen MR) is 90.6 cm³/mol. The summed E-state index contributed by atoms with van der Waals surface area (Å²) in [6.45, 7) is 3.47. The lowest BCUT2D eigenvalue weighted by Crippen LogP contribution is -2.14. The first-order chi connectivity index (χ1) is 11.3. The molecular formula is C17H16ClF4N3. The molecule has 0 aliphatic heterocycles. The molecule has 0 unspecified atom stereocenters. The molecule has 0 spiro atoms. The maximum atomic E-state index is 13.9. The Labute approximate surface area is 148 Å². The SMILES string of the molecule is Cc1nc2c(NCc3c(F)cccc3C(F)(F)F)cccn2c1C.Cl. The Morgan fingerprint density at radius 1 is 1.12 bits per heavy atom. The number of aromatic nitrogens is 2. The maximum Gasteiger partial charge on any atom is 0.416 e. The summed E-state index contributed by atoms with van der Waals surface area (Å²) in [4.78, 5) is 4.40. The first-order valence-electron chi connectivity index (χ1n) is 7.32. The van der Waals surface area contributed by atoms with E-state index >= 15 is 0 Å². The van der Waals surface area contributed by atoms with Gasteiger partial charge < -0.3 is 9.72 Å². The maximum absolute atomic E-state index is 13.9. The Morgan fingerprint density at radius 3 is 2.52 bits per heavy atom. The molecule has 0 bridgehead atoms. The Kier molecular flexibility index (Phi) is 5.27. The molecular weight excluding hydrogens is 358 g/mol. The number of rotatable bonds is 3. The van der Waals surface area contributed by atoms with E-state index < -0.39 is 23.1 Å². The van der Waals surface area contributed by atoms with E-state index in [2.05, 4.69) is 10.3 Å². The summed E-state index contributed by atoms with van der Waals surface area (Å²) < 4.78 is 54.9. The first kappa shape index (κ1) is 19.1. The molecule has 0 aliphatic rings. The largest absolute Gasteiger partial charge is 0.416 e. The van der Waals surface area contributed by atoms with Gasteiger partial charge in [0.25, 0.3) is 0 Å². The average Bonchev–Trinajstić information content (AvgIpc) is 2.81. The average molecular weight is 374 g/mol. The van der Waals surface area contributed by atoms with Gasteiger partial charge in [-0.25, -0.2) is 9.37 Å². The van der Waals surface area contributed by atoms with Crippen LogP contribution in [0.25, 0.3) is 5.65 Å². The van der Waals surface area contributed by atoms with Crippen LogP contribution in [0.15, 0.2) is 36.5 Å². The number of fused-ring (bicyclic) bond motifs is 1. The van der Waals surface area contributed by atoms with Gasteiger partial charge in [0.2, 0.25) is 0 Å². The third kappa shape index (κ3) is 3.56. The number of anilines is 1. The molecule has 2 heterocycles. The Morgan fingerprint density at radius 2 is 1.84 bits per heavy atom. The lowest BCUT2D eigenvalue weighted by molar-refractivity contribution is -0.138. The lowest BCUT2D eigenvalue weighted by atomic mass is 10.1. The van der Waals surface area contributed by atoms with Crippen molar-refractivity contribution in [2.24, 2.45) is 0 Å². The monoisotopic (exact) mass is 373 g/mol. The van der Waals surface area contributed by atoms with Gasteiger partial charge in [0, 0.05) is 24.0 Å². The highest BCUT2D eigenvalue weighted by Gasteiger charge is 2.34. The third-order valence-corrected chi connectivity index (χ3v) is 4.01. The standard InChI is InChI=1S/C17H15F4N3.ClH/c1-10-11(2)24-8-4-7-15(16(24)23-10)22-9-12-13(17(19,20)21)5-3-6-14(12)18;/h3-8,22H,9H2,1-2H3;1H. The van der Waals surface area contributed by atoms with Crippen LogP contribution in [0.1, 0.15) is 22.5 Å². The second-order valence-electron chi connectivity index (χ2n) is 5.52. The van der Waals surface area contributed by atoms with Crippen LogP contribution < -0.4 is 5.32 Å². The predicted octanol–water partition coefficient (Wildman–Crippen LogP) is 5.14. The molecule has 1 N–H and O–H groups in total. The molecule has 134 valence electrons. The van der Waals surface area contributed by atoms with Crippen LogP contribution in [0, 0.1) is 19.7 Å². The van der Waals surface area contributed by atoms with E-state index in [1.807, 2.05) is 24.4 Å². The number of nitrogens with zero attached hydrogens (tertiary/aromatic N) is 2. The highest BCUT2D eigenvalue weighted by molar-refractivity contribution is 5.85. The van der Waals surface area contributed by atoms with Crippen molar-refractivity contribution >= 4 is 23.7 Å². The molecule has 3 aromatic rings. The summed E-state index contributed by atoms with van der Waals surface area (Å²) in [5.41, 5.74) is 1.52. The number of hydrogen-bond donors (Lipinski definition) is 1. The molecule has 0 atom stereocenters. The molecule has 25 heavy (non-hydrogen) atoms. The van der Waals surface area contributed by atoms with Crippen molar-refractivity contribution in [3.63, 3.8) is 0 Å². The second-order valence-corrected chi connectivity index (χ2v) is 5.52. The molecule has 8 heteroatoms. The van der Waals surface area contributed by atoms with Crippen LogP contribution >= 0.6 is 12.4 Å². The van der Waals surface area contributed by atoms with E-state index in [9.17, 15) is 17.6 Å². The van der Waals surface area contributed by atoms with Crippen LogP contribution in [-0.4, -0.2) is 9.38 Å². The van der Waals surface area contributed by atoms with Crippen molar-refractivity contribution < 1.29 is 17.6 Å². The van der Waals surface area contributed by atoms with E-state index in [1.165, 1.54) is 0 Å². The number of hydrogen-bond acceptors (Lipinski definition) is 2. The van der Waals surface area contributed by atoms with Gasteiger partial charge in [-0.3, -0.25) is 0 Å². The van der Waals surface area contributed by atoms with Crippen LogP contribution in [-0.2, 0) is 12.7 Å². The molecule has 1 aromatic carbocycles. The van der Waals surface area contributed by atoms with Gasteiger partial charge in [0.05, 0.1) is 16.9 Å². The number of pyridine rings is 1. The second kappa shape index (κ2) is 6.92. The van der Waals surface area contributed by atoms with Gasteiger partial charge in [0.15, 0.2) is 5.65 Å². The van der Waals surface area contributed by atoms with Gasteiger partial charge >= 0.3 is 6.18 Å². The number of halogens is 5. The first-order valence-corrected chi connectivity index (χ1v) is 7.32. The number of nitrogens with one attached hydrogen (secondary N) is 1. The summed E-state index contributed by atoms with van der Waals surface area (Å²) in [7, 11) is 0. The summed E-state index contributed by atoms with van der Waals surface area (Å²) in [5, 5.41) is 2.87. The topological polar surface area (TPSA) is 29.3 Å². The Hall–Kier alpha value is -2.28. The fourth-order valence-corrected chi connectivity index (χ4v) is 2.62. The lowest BCUT2D eigenvalue weighted by Gasteiger charge is -2.15. The fraction of sp³-hybridized carbons (Fsp3) is 0.235. The zero-order valence-electron chi connectivity index (χ0n) is 13.5. The zero-order chi connectivity index (χ0) is 17.5. The Balaban J connectivity index is 0.00000225. The minimum Gasteiger partial charge on any atom is -0.378 e. The number of alkyl halides is 3. The summed E-state index contributed by atoms with van der Waals surface area (Å²) >= 11 is 0. The quantitative estimate of drug-likeness (QED) is 0.644. The molecule has 0 amide bonds. The molecule has 3 nitrogen and oxygen atoms in total. The van der Waals surface area contributed by atoms with Crippen molar-refractivity contribution in [2.45, 2.75) is 26.6 Å². The highest BCUT2D eigenvalue weighted by atomic mass is 35.5. The van der Waals surface area contributed by atoms with Crippen molar-refractivity contribution in [1.82, 2.24) is 9.38 Å². The molecule has 0 fully saturated rings. The number of benzene rings is 1. The molecule has 3 rings (SSSR count). The van der Waals surface area contributed by atoms with Crippen LogP contribution in [0.3, 0.4) is 0 Å². The van der Waals surface area contributed by atoms with Gasteiger partial charge in [-0.1, -0.05) is 6.07 Å². The normalized spacial score (nSPS) is 11.4. The Bertz CT molecular complexity index is 903. The fourth-order valence-electron chi connectivity index (χ4n) is 2.62. The van der Waals surface area contributed by atoms with Crippen LogP contribution in [0.2, 0.25) is 0 Å². The van der Waals surface area contributed by atoms with E-state index in [0.717, 1.165) is 29.6 Å². The van der Waals surface area contributed by atoms with Crippen LogP contribution in [0.5, 0.6) is 0 Å². The van der Waals surface area contributed by atoms with E-state index in [1.54, 1.807) is 12.1 Å². The van der Waals surface area contributed by atoms with E-state index in [-0.39, 0.29) is 19.0 Å². The van der Waals surface area contributed by atoms with Crippen molar-refractivity contribution in [3.8, 4) is 0 Å². The zero-order valence-corrected chi connectivity index (χ0v) is 14.3. The van der Waals surface area contributed by atoms with Crippen LogP contribution in [0.4, 0.5) is 23.2 Å². The molecule has 2 aromatic heterocycles. The molecule has 0 saturated carbocycles. The van der Waals surface area contributed by atoms with Crippen molar-refractivity contribution in [1.29, 1.82) is 0 Å². The van der Waals surface area contributed by atoms with Gasteiger partial charge in [-0.05, 0) is 38.1 Å². The summed E-state index contributed by atoms with van der Waals surface area (Å²) in [6.07, 6.45) is -2.79. The van der Waals surface area contributed by atoms with Crippen molar-refractivity contribution in [3.05, 3.63) is 64.9 Å². The molecule has 0 aliphatic carbocycles. The van der Waals surface area contributed by atoms with Gasteiger partial charge in [-0.15, -0.1) is 12.4 Å². The highest BCUT2D eigenvalue weighted by Crippen LogP contribution is 2.33.